The van der Waals surface area contributed by atoms with E-state index >= 15 is 0 Å². The molecule has 0 radical (unpaired) electrons. The summed E-state index contributed by atoms with van der Waals surface area (Å²) in [6, 6.07) is 0. The molecule has 11 nitrogen and oxygen atoms in total. The van der Waals surface area contributed by atoms with Gasteiger partial charge in [0.15, 0.2) is 0 Å². The van der Waals surface area contributed by atoms with Crippen molar-refractivity contribution in [1.29, 1.82) is 0 Å². The molecule has 404 valence electrons. The van der Waals surface area contributed by atoms with Gasteiger partial charge < -0.3 is 28.6 Å². The molecule has 0 spiro atoms. The Morgan fingerprint density at radius 1 is 0.400 bits per heavy atom. The molecule has 0 bridgehead atoms. The lowest BCUT2D eigenvalue weighted by Gasteiger charge is -2.18. The highest BCUT2D eigenvalue weighted by atomic mass is 32.2. The fourth-order valence-corrected chi connectivity index (χ4v) is 8.40. The molecule has 0 N–H and O–H groups in total. The smallest absolute Gasteiger partial charge is 0.315 e. The Hall–Kier alpha value is -3.03. The summed E-state index contributed by atoms with van der Waals surface area (Å²) < 4.78 is 27.2. The van der Waals surface area contributed by atoms with E-state index in [1.54, 1.807) is 0 Å². The van der Waals surface area contributed by atoms with Crippen LogP contribution in [0.4, 0.5) is 0 Å². The van der Waals surface area contributed by atoms with Crippen LogP contribution < -0.4 is 0 Å². The van der Waals surface area contributed by atoms with Crippen molar-refractivity contribution in [3.63, 3.8) is 0 Å². The largest absolute Gasteiger partial charge is 0.465 e. The number of carbonyl (C=O) groups excluding carboxylic acids is 5. The van der Waals surface area contributed by atoms with E-state index < -0.39 is 18.0 Å². The fraction of sp³-hybridized carbons (Fsp3) is 0.772. The molecule has 0 saturated heterocycles. The summed E-state index contributed by atoms with van der Waals surface area (Å²) >= 11 is 2.35. The van der Waals surface area contributed by atoms with Gasteiger partial charge >= 0.3 is 29.8 Å². The number of ether oxygens (including phenoxy) is 5. The number of nitrogens with zero attached hydrogens (tertiary/aromatic N) is 1. The van der Waals surface area contributed by atoms with Crippen LogP contribution in [0.15, 0.2) is 48.6 Å². The summed E-state index contributed by atoms with van der Waals surface area (Å²) in [5.74, 6) is -1.48. The average Bonchev–Trinajstić information content (AvgIpc) is 3.33. The highest BCUT2D eigenvalue weighted by molar-refractivity contribution is 8.00. The Labute approximate surface area is 435 Å². The van der Waals surface area contributed by atoms with Crippen molar-refractivity contribution >= 4 is 53.4 Å². The maximum atomic E-state index is 12.6. The second kappa shape index (κ2) is 53.8. The highest BCUT2D eigenvalue weighted by Crippen LogP contribution is 2.15. The number of hydrogen-bond acceptors (Lipinski definition) is 13. The average molecular weight is 1020 g/mol. The van der Waals surface area contributed by atoms with Gasteiger partial charge in [-0.3, -0.25) is 24.0 Å². The summed E-state index contributed by atoms with van der Waals surface area (Å²) in [4.78, 5) is 63.5. The molecule has 0 aromatic rings. The summed E-state index contributed by atoms with van der Waals surface area (Å²) in [6.45, 7) is 6.36. The van der Waals surface area contributed by atoms with Gasteiger partial charge in [0, 0.05) is 6.42 Å². The lowest BCUT2D eigenvalue weighted by atomic mass is 10.1. The summed E-state index contributed by atoms with van der Waals surface area (Å²) in [5.41, 5.74) is 0. The molecule has 0 aliphatic heterocycles. The Morgan fingerprint density at radius 2 is 0.729 bits per heavy atom. The zero-order valence-corrected chi connectivity index (χ0v) is 46.3. The van der Waals surface area contributed by atoms with E-state index in [0.29, 0.717) is 51.7 Å². The monoisotopic (exact) mass is 1020 g/mol. The summed E-state index contributed by atoms with van der Waals surface area (Å²) in [5, 5.41) is 0. The Kier molecular flexibility index (Phi) is 51.4. The number of rotatable bonds is 51. The van der Waals surface area contributed by atoms with Crippen LogP contribution in [0.2, 0.25) is 0 Å². The molecular weight excluding hydrogens is 923 g/mol. The molecule has 0 rings (SSSR count). The van der Waals surface area contributed by atoms with E-state index in [-0.39, 0.29) is 54.1 Å². The molecule has 0 amide bonds. The molecule has 0 heterocycles. The molecule has 70 heavy (non-hydrogen) atoms. The molecule has 13 heteroatoms. The van der Waals surface area contributed by atoms with Gasteiger partial charge in [0.25, 0.3) is 0 Å². The SMILES string of the molecule is CCCCCC=CCC=CCCCCCCCCOC(=O)CSCC(=O)OCCCC(CCCOC(=O)CSCC(=O)OCCCCCCCCC=CCC=CCCCCC)OC(=O)CCCN(C)C. The van der Waals surface area contributed by atoms with Crippen LogP contribution in [0, 0.1) is 0 Å². The van der Waals surface area contributed by atoms with Gasteiger partial charge in [-0.05, 0) is 130 Å². The Balaban J connectivity index is 4.09. The zero-order valence-electron chi connectivity index (χ0n) is 44.6. The first kappa shape index (κ1) is 67.0. The third kappa shape index (κ3) is 52.8. The predicted molar refractivity (Wildman–Crippen MR) is 293 cm³/mol. The van der Waals surface area contributed by atoms with Gasteiger partial charge in [0.1, 0.15) is 6.10 Å². The number of allylic oxidation sites excluding steroid dienone is 8. The van der Waals surface area contributed by atoms with Crippen molar-refractivity contribution in [1.82, 2.24) is 4.90 Å². The van der Waals surface area contributed by atoms with Gasteiger partial charge in [-0.25, -0.2) is 0 Å². The second-order valence-corrected chi connectivity index (χ2v) is 20.3. The number of hydrogen-bond donors (Lipinski definition) is 0. The lowest BCUT2D eigenvalue weighted by molar-refractivity contribution is -0.151. The van der Waals surface area contributed by atoms with E-state index in [1.165, 1.54) is 113 Å². The summed E-state index contributed by atoms with van der Waals surface area (Å²) in [7, 11) is 3.90. The Morgan fingerprint density at radius 3 is 1.09 bits per heavy atom. The fourth-order valence-electron chi connectivity index (χ4n) is 7.20. The van der Waals surface area contributed by atoms with Crippen molar-refractivity contribution in [2.45, 2.75) is 213 Å². The highest BCUT2D eigenvalue weighted by Gasteiger charge is 2.16. The molecule has 0 saturated carbocycles. The molecule has 0 aromatic carbocycles. The van der Waals surface area contributed by atoms with Gasteiger partial charge in [0.2, 0.25) is 0 Å². The molecule has 0 aliphatic rings. The first-order chi connectivity index (χ1) is 34.2. The van der Waals surface area contributed by atoms with E-state index in [0.717, 1.165) is 70.8 Å². The minimum Gasteiger partial charge on any atom is -0.465 e. The van der Waals surface area contributed by atoms with Gasteiger partial charge in [-0.15, -0.1) is 23.5 Å². The van der Waals surface area contributed by atoms with Crippen molar-refractivity contribution in [2.24, 2.45) is 0 Å². The topological polar surface area (TPSA) is 135 Å². The first-order valence-electron chi connectivity index (χ1n) is 27.4. The van der Waals surface area contributed by atoms with E-state index in [2.05, 4.69) is 62.5 Å². The quantitative estimate of drug-likeness (QED) is 0.0248. The van der Waals surface area contributed by atoms with Crippen molar-refractivity contribution in [3.05, 3.63) is 48.6 Å². The van der Waals surface area contributed by atoms with E-state index in [1.807, 2.05) is 19.0 Å². The van der Waals surface area contributed by atoms with Crippen LogP contribution in [0.3, 0.4) is 0 Å². The van der Waals surface area contributed by atoms with Crippen LogP contribution in [0.25, 0.3) is 0 Å². The minimum atomic E-state index is -0.411. The first-order valence-corrected chi connectivity index (χ1v) is 29.7. The Bertz CT molecular complexity index is 1300. The van der Waals surface area contributed by atoms with E-state index in [4.69, 9.17) is 23.7 Å². The van der Waals surface area contributed by atoms with Crippen LogP contribution in [0.5, 0.6) is 0 Å². The van der Waals surface area contributed by atoms with Crippen LogP contribution in [0.1, 0.15) is 206 Å². The lowest BCUT2D eigenvalue weighted by Crippen LogP contribution is -2.22. The van der Waals surface area contributed by atoms with Crippen LogP contribution in [-0.2, 0) is 47.7 Å². The van der Waals surface area contributed by atoms with Crippen LogP contribution in [-0.4, -0.2) is 111 Å². The van der Waals surface area contributed by atoms with Crippen molar-refractivity contribution in [2.75, 3.05) is 70.1 Å². The van der Waals surface area contributed by atoms with Gasteiger partial charge in [-0.1, -0.05) is 140 Å². The maximum absolute atomic E-state index is 12.6. The zero-order chi connectivity index (χ0) is 51.2. The predicted octanol–water partition coefficient (Wildman–Crippen LogP) is 14.1. The van der Waals surface area contributed by atoms with Crippen molar-refractivity contribution < 1.29 is 47.7 Å². The molecule has 0 unspecified atom stereocenters. The maximum Gasteiger partial charge on any atom is 0.315 e. The number of unbranched alkanes of at least 4 members (excludes halogenated alkanes) is 18. The van der Waals surface area contributed by atoms with Gasteiger partial charge in [0.05, 0.1) is 49.4 Å². The molecule has 0 aromatic heterocycles. The minimum absolute atomic E-state index is 0.0478. The normalized spacial score (nSPS) is 12.2. The van der Waals surface area contributed by atoms with Crippen molar-refractivity contribution in [3.8, 4) is 0 Å². The third-order valence-electron chi connectivity index (χ3n) is 11.2. The molecule has 0 fully saturated rings. The summed E-state index contributed by atoms with van der Waals surface area (Å²) in [6.07, 6.45) is 48.5. The third-order valence-corrected chi connectivity index (χ3v) is 13.0. The van der Waals surface area contributed by atoms with Crippen LogP contribution >= 0.6 is 23.5 Å². The second-order valence-electron chi connectivity index (χ2n) is 18.3. The number of thioether (sulfide) groups is 2. The molecule has 0 aliphatic carbocycles. The standard InChI is InChI=1S/C57H99NO10S2/c1-5-7-9-11-13-15-17-19-21-23-25-27-29-31-33-35-44-64-54(60)48-69-50-56(62)66-46-38-40-52(68-53(59)42-37-43-58(3)4)41-39-47-67-57(63)51-70-49-55(61)65-45-36-34-32-30-28-26-24-22-20-18-16-14-12-10-8-6-2/h13-16,19-22,52H,5-12,17-18,23-51H2,1-4H3. The molecular formula is C57H99NO10S2. The van der Waals surface area contributed by atoms with Gasteiger partial charge in [-0.2, -0.15) is 0 Å². The molecule has 0 atom stereocenters. The van der Waals surface area contributed by atoms with E-state index in [9.17, 15) is 24.0 Å². The number of carbonyl (C=O) groups is 5. The number of esters is 5.